The number of carbonyl (C=O) groups is 1. The summed E-state index contributed by atoms with van der Waals surface area (Å²) in [7, 11) is 0. The van der Waals surface area contributed by atoms with Gasteiger partial charge in [0.2, 0.25) is 0 Å². The Morgan fingerprint density at radius 1 is 1.35 bits per heavy atom. The van der Waals surface area contributed by atoms with Gasteiger partial charge < -0.3 is 15.2 Å². The number of thioether (sulfide) groups is 1. The quantitative estimate of drug-likeness (QED) is 0.522. The number of fused-ring (bicyclic) bond motifs is 1. The van der Waals surface area contributed by atoms with Crippen molar-refractivity contribution < 1.29 is 4.79 Å². The number of hydrogen-bond donors (Lipinski definition) is 2. The maximum Gasteiger partial charge on any atom is 0.251 e. The first-order valence-corrected chi connectivity index (χ1v) is 10.2. The van der Waals surface area contributed by atoms with Gasteiger partial charge in [-0.15, -0.1) is 11.3 Å². The molecule has 1 aromatic carbocycles. The molecule has 23 heavy (non-hydrogen) atoms. The van der Waals surface area contributed by atoms with Crippen LogP contribution in [0.4, 0.5) is 0 Å². The third-order valence-corrected chi connectivity index (χ3v) is 5.82. The van der Waals surface area contributed by atoms with Crippen molar-refractivity contribution in [3.63, 3.8) is 0 Å². The smallest absolute Gasteiger partial charge is 0.251 e. The Morgan fingerprint density at radius 2 is 2.13 bits per heavy atom. The monoisotopic (exact) mass is 369 g/mol. The Balaban J connectivity index is 1.72. The summed E-state index contributed by atoms with van der Waals surface area (Å²) in [6.07, 6.45) is 0. The molecule has 0 aliphatic heterocycles. The van der Waals surface area contributed by atoms with Gasteiger partial charge in [0, 0.05) is 30.2 Å². The zero-order chi connectivity index (χ0) is 16.7. The third kappa shape index (κ3) is 5.60. The molecule has 0 radical (unpaired) electrons. The van der Waals surface area contributed by atoms with Crippen LogP contribution in [0.3, 0.4) is 0 Å². The summed E-state index contributed by atoms with van der Waals surface area (Å²) in [5.41, 5.74) is 1.68. The molecule has 0 aliphatic rings. The molecule has 0 atom stereocenters. The Labute approximate surface area is 150 Å². The molecule has 0 saturated heterocycles. The molecule has 2 N–H and O–H groups in total. The molecule has 1 amide bonds. The summed E-state index contributed by atoms with van der Waals surface area (Å²) in [5.74, 6) is 2.03. The first-order chi connectivity index (χ1) is 11.1. The van der Waals surface area contributed by atoms with Crippen LogP contribution in [0.1, 0.15) is 24.2 Å². The second-order valence-electron chi connectivity index (χ2n) is 5.12. The van der Waals surface area contributed by atoms with Gasteiger partial charge in [0.1, 0.15) is 0 Å². The van der Waals surface area contributed by atoms with Gasteiger partial charge in [0.05, 0.1) is 10.2 Å². The van der Waals surface area contributed by atoms with Crippen molar-refractivity contribution in [2.45, 2.75) is 13.8 Å². The molecule has 4 nitrogen and oxygen atoms in total. The normalized spacial score (nSPS) is 11.3. The van der Waals surface area contributed by atoms with Crippen molar-refractivity contribution in [1.82, 2.24) is 15.2 Å². The van der Waals surface area contributed by atoms with Crippen molar-refractivity contribution in [3.05, 3.63) is 27.7 Å². The predicted molar refractivity (Wildman–Crippen MR) is 104 cm³/mol. The molecule has 0 unspecified atom stereocenters. The molecule has 1 aromatic heterocycles. The summed E-state index contributed by atoms with van der Waals surface area (Å²) >= 11 is 8.50. The van der Waals surface area contributed by atoms with Gasteiger partial charge in [-0.25, -0.2) is 0 Å². The number of benzene rings is 1. The molecular formula is C16H23N3OS3. The molecular weight excluding hydrogens is 346 g/mol. The summed E-state index contributed by atoms with van der Waals surface area (Å²) in [4.78, 5) is 17.7. The van der Waals surface area contributed by atoms with Gasteiger partial charge in [0.25, 0.3) is 5.91 Å². The van der Waals surface area contributed by atoms with Crippen LogP contribution in [0.25, 0.3) is 10.2 Å². The number of rotatable bonds is 9. The highest BCUT2D eigenvalue weighted by molar-refractivity contribution is 7.99. The molecule has 0 spiro atoms. The average Bonchev–Trinajstić information content (AvgIpc) is 2.93. The number of nitrogens with one attached hydrogen (secondary N) is 2. The van der Waals surface area contributed by atoms with Gasteiger partial charge in [0.15, 0.2) is 3.95 Å². The second kappa shape index (κ2) is 9.42. The van der Waals surface area contributed by atoms with Gasteiger partial charge >= 0.3 is 0 Å². The maximum absolute atomic E-state index is 12.2. The minimum Gasteiger partial charge on any atom is -0.351 e. The SMILES string of the molecule is CCN(CC)CCSCCNC(=O)c1ccc2[nH]c(=S)sc2c1. The average molecular weight is 370 g/mol. The Kier molecular flexibility index (Phi) is 7.55. The van der Waals surface area contributed by atoms with Crippen LogP contribution in [-0.2, 0) is 0 Å². The van der Waals surface area contributed by atoms with Crippen molar-refractivity contribution in [2.75, 3.05) is 37.7 Å². The van der Waals surface area contributed by atoms with Gasteiger partial charge in [-0.3, -0.25) is 4.79 Å². The summed E-state index contributed by atoms with van der Waals surface area (Å²) in [6, 6.07) is 5.65. The lowest BCUT2D eigenvalue weighted by Gasteiger charge is -2.17. The lowest BCUT2D eigenvalue weighted by atomic mass is 10.2. The van der Waals surface area contributed by atoms with Crippen LogP contribution >= 0.6 is 35.3 Å². The lowest BCUT2D eigenvalue weighted by Crippen LogP contribution is -2.27. The van der Waals surface area contributed by atoms with Crippen molar-refractivity contribution in [1.29, 1.82) is 0 Å². The number of H-pyrrole nitrogens is 1. The van der Waals surface area contributed by atoms with Gasteiger partial charge in [-0.2, -0.15) is 11.8 Å². The first kappa shape index (κ1) is 18.4. The topological polar surface area (TPSA) is 48.1 Å². The number of hydrogen-bond acceptors (Lipinski definition) is 5. The highest BCUT2D eigenvalue weighted by atomic mass is 32.2. The van der Waals surface area contributed by atoms with Gasteiger partial charge in [-0.05, 0) is 43.5 Å². The van der Waals surface area contributed by atoms with Crippen LogP contribution in [0.5, 0.6) is 0 Å². The number of carbonyl (C=O) groups excluding carboxylic acids is 1. The number of thiazole rings is 1. The van der Waals surface area contributed by atoms with Crippen LogP contribution in [0.2, 0.25) is 0 Å². The number of aromatic amines is 1. The predicted octanol–water partition coefficient (Wildman–Crippen LogP) is 3.76. The fraction of sp³-hybridized carbons (Fsp3) is 0.500. The molecule has 2 aromatic rings. The maximum atomic E-state index is 12.2. The fourth-order valence-electron chi connectivity index (χ4n) is 2.26. The molecule has 0 saturated carbocycles. The van der Waals surface area contributed by atoms with Crippen molar-refractivity contribution in [2.24, 2.45) is 0 Å². The van der Waals surface area contributed by atoms with Crippen LogP contribution in [-0.4, -0.2) is 53.5 Å². The Bertz CT molecular complexity index is 691. The minimum absolute atomic E-state index is 0.0180. The van der Waals surface area contributed by atoms with Crippen molar-refractivity contribution in [3.8, 4) is 0 Å². The van der Waals surface area contributed by atoms with Crippen molar-refractivity contribution >= 4 is 51.4 Å². The largest absolute Gasteiger partial charge is 0.351 e. The van der Waals surface area contributed by atoms with Crippen LogP contribution in [0, 0.1) is 3.95 Å². The van der Waals surface area contributed by atoms with E-state index in [-0.39, 0.29) is 5.91 Å². The standard InChI is InChI=1S/C16H23N3OS3/c1-3-19(4-2)8-10-22-9-7-17-15(20)12-5-6-13-14(11-12)23-16(21)18-13/h5-6,11H,3-4,7-10H2,1-2H3,(H,17,20)(H,18,21). The molecule has 0 fully saturated rings. The Morgan fingerprint density at radius 3 is 2.87 bits per heavy atom. The summed E-state index contributed by atoms with van der Waals surface area (Å²) in [6.45, 7) is 8.38. The summed E-state index contributed by atoms with van der Waals surface area (Å²) < 4.78 is 1.76. The van der Waals surface area contributed by atoms with E-state index in [1.165, 1.54) is 11.3 Å². The van der Waals surface area contributed by atoms with Crippen LogP contribution in [0.15, 0.2) is 18.2 Å². The first-order valence-electron chi connectivity index (χ1n) is 7.85. The highest BCUT2D eigenvalue weighted by Gasteiger charge is 2.07. The lowest BCUT2D eigenvalue weighted by molar-refractivity contribution is 0.0956. The van der Waals surface area contributed by atoms with E-state index >= 15 is 0 Å². The van der Waals surface area contributed by atoms with E-state index in [4.69, 9.17) is 12.2 Å². The minimum atomic E-state index is -0.0180. The van der Waals surface area contributed by atoms with E-state index in [1.54, 1.807) is 0 Å². The van der Waals surface area contributed by atoms with E-state index in [0.717, 1.165) is 45.3 Å². The summed E-state index contributed by atoms with van der Waals surface area (Å²) in [5, 5.41) is 2.98. The van der Waals surface area contributed by atoms with E-state index in [0.29, 0.717) is 12.1 Å². The zero-order valence-electron chi connectivity index (χ0n) is 13.6. The van der Waals surface area contributed by atoms with E-state index in [1.807, 2.05) is 30.0 Å². The van der Waals surface area contributed by atoms with Crippen LogP contribution < -0.4 is 5.32 Å². The molecule has 7 heteroatoms. The fourth-order valence-corrected chi connectivity index (χ4v) is 4.25. The molecule has 1 heterocycles. The highest BCUT2D eigenvalue weighted by Crippen LogP contribution is 2.20. The van der Waals surface area contributed by atoms with E-state index in [9.17, 15) is 4.79 Å². The Hall–Kier alpha value is -0.890. The number of nitrogens with zero attached hydrogens (tertiary/aromatic N) is 1. The van der Waals surface area contributed by atoms with E-state index in [2.05, 4.69) is 29.0 Å². The molecule has 126 valence electrons. The molecule has 0 aliphatic carbocycles. The van der Waals surface area contributed by atoms with Gasteiger partial charge in [-0.1, -0.05) is 13.8 Å². The zero-order valence-corrected chi connectivity index (χ0v) is 16.0. The number of aromatic nitrogens is 1. The van der Waals surface area contributed by atoms with E-state index < -0.39 is 0 Å². The molecule has 0 bridgehead atoms. The number of amides is 1. The molecule has 2 rings (SSSR count). The third-order valence-electron chi connectivity index (χ3n) is 3.66. The second-order valence-corrected chi connectivity index (χ2v) is 8.06.